The number of amides is 2. The van der Waals surface area contributed by atoms with Gasteiger partial charge in [-0.1, -0.05) is 12.8 Å². The van der Waals surface area contributed by atoms with Gasteiger partial charge in [-0.25, -0.2) is 0 Å². The second kappa shape index (κ2) is 11.0. The minimum absolute atomic E-state index is 0. The minimum atomic E-state index is 0. The highest BCUT2D eigenvalue weighted by atomic mass is 35.5. The van der Waals surface area contributed by atoms with Gasteiger partial charge in [0, 0.05) is 30.8 Å². The molecule has 0 saturated carbocycles. The maximum Gasteiger partial charge on any atom is 0.253 e. The highest BCUT2D eigenvalue weighted by Crippen LogP contribution is 2.15. The summed E-state index contributed by atoms with van der Waals surface area (Å²) in [6.07, 6.45) is 5.91. The monoisotopic (exact) mass is 353 g/mol. The number of benzene rings is 1. The van der Waals surface area contributed by atoms with E-state index in [0.717, 1.165) is 44.6 Å². The van der Waals surface area contributed by atoms with Gasteiger partial charge in [-0.3, -0.25) is 9.59 Å². The lowest BCUT2D eigenvalue weighted by molar-refractivity contribution is -0.116. The fourth-order valence-electron chi connectivity index (χ4n) is 2.80. The van der Waals surface area contributed by atoms with Crippen LogP contribution in [0.3, 0.4) is 0 Å². The van der Waals surface area contributed by atoms with Crippen molar-refractivity contribution in [3.63, 3.8) is 0 Å². The molecule has 0 aliphatic carbocycles. The predicted molar refractivity (Wildman–Crippen MR) is 99.9 cm³/mol. The van der Waals surface area contributed by atoms with E-state index in [0.29, 0.717) is 12.0 Å². The fourth-order valence-corrected chi connectivity index (χ4v) is 2.80. The summed E-state index contributed by atoms with van der Waals surface area (Å²) in [5.74, 6) is 0.102. The second-order valence-electron chi connectivity index (χ2n) is 6.04. The van der Waals surface area contributed by atoms with Crippen molar-refractivity contribution < 1.29 is 9.59 Å². The molecule has 24 heavy (non-hydrogen) atoms. The molecular formula is C18H28ClN3O2. The first-order valence-corrected chi connectivity index (χ1v) is 8.54. The molecule has 1 fully saturated rings. The van der Waals surface area contributed by atoms with E-state index in [1.165, 1.54) is 12.8 Å². The molecule has 2 N–H and O–H groups in total. The van der Waals surface area contributed by atoms with Crippen molar-refractivity contribution in [2.24, 2.45) is 0 Å². The number of rotatable bonds is 6. The van der Waals surface area contributed by atoms with Crippen molar-refractivity contribution in [2.75, 3.05) is 32.0 Å². The Hall–Kier alpha value is -1.59. The first kappa shape index (κ1) is 20.5. The third kappa shape index (κ3) is 6.49. The number of hydrogen-bond donors (Lipinski definition) is 2. The Morgan fingerprint density at radius 3 is 2.25 bits per heavy atom. The molecule has 1 aromatic rings. The van der Waals surface area contributed by atoms with E-state index >= 15 is 0 Å². The quantitative estimate of drug-likeness (QED) is 0.773. The Kier molecular flexibility index (Phi) is 9.42. The zero-order valence-corrected chi connectivity index (χ0v) is 15.2. The molecule has 2 rings (SSSR count). The lowest BCUT2D eigenvalue weighted by Gasteiger charge is -2.20. The molecule has 1 heterocycles. The lowest BCUT2D eigenvalue weighted by atomic mass is 10.1. The Morgan fingerprint density at radius 2 is 1.67 bits per heavy atom. The van der Waals surface area contributed by atoms with E-state index < -0.39 is 0 Å². The molecule has 1 aliphatic rings. The molecular weight excluding hydrogens is 326 g/mol. The van der Waals surface area contributed by atoms with Crippen LogP contribution in [-0.2, 0) is 4.79 Å². The van der Waals surface area contributed by atoms with Crippen LogP contribution in [0.15, 0.2) is 24.3 Å². The average Bonchev–Trinajstić information content (AvgIpc) is 2.84. The van der Waals surface area contributed by atoms with Crippen LogP contribution in [0.4, 0.5) is 5.69 Å². The van der Waals surface area contributed by atoms with Gasteiger partial charge in [-0.15, -0.1) is 12.4 Å². The van der Waals surface area contributed by atoms with Crippen LogP contribution in [0.5, 0.6) is 0 Å². The van der Waals surface area contributed by atoms with Gasteiger partial charge in [-0.2, -0.15) is 0 Å². The Morgan fingerprint density at radius 1 is 1.04 bits per heavy atom. The Bertz CT molecular complexity index is 512. The Labute approximate surface area is 150 Å². The first-order chi connectivity index (χ1) is 11.2. The van der Waals surface area contributed by atoms with Crippen LogP contribution >= 0.6 is 12.4 Å². The van der Waals surface area contributed by atoms with Crippen LogP contribution < -0.4 is 10.6 Å². The van der Waals surface area contributed by atoms with Gasteiger partial charge >= 0.3 is 0 Å². The van der Waals surface area contributed by atoms with Crippen LogP contribution in [0.1, 0.15) is 48.9 Å². The largest absolute Gasteiger partial charge is 0.339 e. The molecule has 0 aromatic heterocycles. The van der Waals surface area contributed by atoms with Crippen molar-refractivity contribution in [1.82, 2.24) is 10.2 Å². The molecule has 0 bridgehead atoms. The van der Waals surface area contributed by atoms with Gasteiger partial charge in [0.1, 0.15) is 0 Å². The van der Waals surface area contributed by atoms with Gasteiger partial charge in [-0.05, 0) is 57.1 Å². The molecule has 6 heteroatoms. The fraction of sp³-hybridized carbons (Fsp3) is 0.556. The summed E-state index contributed by atoms with van der Waals surface area (Å²) in [6, 6.07) is 7.22. The number of hydrogen-bond acceptors (Lipinski definition) is 3. The Balaban J connectivity index is 0.00000288. The predicted octanol–water partition coefficient (Wildman–Crippen LogP) is 3.06. The highest BCUT2D eigenvalue weighted by Gasteiger charge is 2.17. The van der Waals surface area contributed by atoms with Crippen LogP contribution in [0.2, 0.25) is 0 Å². The highest BCUT2D eigenvalue weighted by molar-refractivity contribution is 5.95. The van der Waals surface area contributed by atoms with E-state index in [4.69, 9.17) is 0 Å². The summed E-state index contributed by atoms with van der Waals surface area (Å²) in [5, 5.41) is 5.89. The number of nitrogens with one attached hydrogen (secondary N) is 2. The van der Waals surface area contributed by atoms with Crippen molar-refractivity contribution in [3.8, 4) is 0 Å². The summed E-state index contributed by atoms with van der Waals surface area (Å²) in [6.45, 7) is 2.53. The first-order valence-electron chi connectivity index (χ1n) is 8.54. The summed E-state index contributed by atoms with van der Waals surface area (Å²) < 4.78 is 0. The number of nitrogens with zero attached hydrogens (tertiary/aromatic N) is 1. The number of carbonyl (C=O) groups is 2. The zero-order valence-electron chi connectivity index (χ0n) is 14.3. The van der Waals surface area contributed by atoms with E-state index in [-0.39, 0.29) is 24.2 Å². The lowest BCUT2D eigenvalue weighted by Crippen LogP contribution is -2.31. The SMILES string of the molecule is CNCCCC(=O)Nc1ccc(C(=O)N2CCCCCC2)cc1.Cl. The summed E-state index contributed by atoms with van der Waals surface area (Å²) >= 11 is 0. The molecule has 1 saturated heterocycles. The number of carbonyl (C=O) groups excluding carboxylic acids is 2. The molecule has 0 atom stereocenters. The van der Waals surface area contributed by atoms with Crippen LogP contribution in [0, 0.1) is 0 Å². The van der Waals surface area contributed by atoms with Gasteiger partial charge in [0.15, 0.2) is 0 Å². The van der Waals surface area contributed by atoms with E-state index in [1.54, 1.807) is 24.3 Å². The van der Waals surface area contributed by atoms with E-state index in [9.17, 15) is 9.59 Å². The van der Waals surface area contributed by atoms with Crippen molar-refractivity contribution >= 4 is 29.9 Å². The van der Waals surface area contributed by atoms with Crippen molar-refractivity contribution in [3.05, 3.63) is 29.8 Å². The number of anilines is 1. The molecule has 0 radical (unpaired) electrons. The van der Waals surface area contributed by atoms with Gasteiger partial charge in [0.05, 0.1) is 0 Å². The topological polar surface area (TPSA) is 61.4 Å². The third-order valence-corrected chi connectivity index (χ3v) is 4.14. The molecule has 0 unspecified atom stereocenters. The van der Waals surface area contributed by atoms with Crippen LogP contribution in [0.25, 0.3) is 0 Å². The maximum atomic E-state index is 12.5. The molecule has 0 spiro atoms. The second-order valence-corrected chi connectivity index (χ2v) is 6.04. The van der Waals surface area contributed by atoms with Crippen molar-refractivity contribution in [1.29, 1.82) is 0 Å². The molecule has 134 valence electrons. The summed E-state index contributed by atoms with van der Waals surface area (Å²) in [4.78, 5) is 26.2. The normalized spacial score (nSPS) is 14.5. The standard InChI is InChI=1S/C18H27N3O2.ClH/c1-19-12-6-7-17(22)20-16-10-8-15(9-11-16)18(23)21-13-4-2-3-5-14-21;/h8-11,19H,2-7,12-14H2,1H3,(H,20,22);1H. The van der Waals surface area contributed by atoms with E-state index in [1.807, 2.05) is 11.9 Å². The molecule has 1 aromatic carbocycles. The smallest absolute Gasteiger partial charge is 0.253 e. The minimum Gasteiger partial charge on any atom is -0.339 e. The third-order valence-electron chi connectivity index (χ3n) is 4.14. The molecule has 1 aliphatic heterocycles. The zero-order chi connectivity index (χ0) is 16.5. The van der Waals surface area contributed by atoms with E-state index in [2.05, 4.69) is 10.6 Å². The average molecular weight is 354 g/mol. The van der Waals surface area contributed by atoms with Gasteiger partial charge in [0.2, 0.25) is 5.91 Å². The summed E-state index contributed by atoms with van der Waals surface area (Å²) in [7, 11) is 1.87. The maximum absolute atomic E-state index is 12.5. The number of likely N-dealkylation sites (tertiary alicyclic amines) is 1. The molecule has 5 nitrogen and oxygen atoms in total. The van der Waals surface area contributed by atoms with Crippen molar-refractivity contribution in [2.45, 2.75) is 38.5 Å². The van der Waals surface area contributed by atoms with Gasteiger partial charge < -0.3 is 15.5 Å². The van der Waals surface area contributed by atoms with Crippen LogP contribution in [-0.4, -0.2) is 43.4 Å². The number of halogens is 1. The summed E-state index contributed by atoms with van der Waals surface area (Å²) in [5.41, 5.74) is 1.44. The van der Waals surface area contributed by atoms with Gasteiger partial charge in [0.25, 0.3) is 5.91 Å². The molecule has 2 amide bonds.